The Morgan fingerprint density at radius 2 is 2.16 bits per heavy atom. The highest BCUT2D eigenvalue weighted by molar-refractivity contribution is 6.31. The van der Waals surface area contributed by atoms with Gasteiger partial charge >= 0.3 is 0 Å². The summed E-state index contributed by atoms with van der Waals surface area (Å²) in [5, 5.41) is 12.9. The fourth-order valence-corrected chi connectivity index (χ4v) is 3.11. The summed E-state index contributed by atoms with van der Waals surface area (Å²) in [5.74, 6) is 0.612. The van der Waals surface area contributed by atoms with Gasteiger partial charge in [-0.1, -0.05) is 24.4 Å². The molecule has 1 aliphatic carbocycles. The van der Waals surface area contributed by atoms with E-state index in [1.807, 2.05) is 0 Å². The second kappa shape index (κ2) is 6.44. The first-order chi connectivity index (χ1) is 9.11. The fraction of sp³-hybridized carbons (Fsp3) is 0.643. The summed E-state index contributed by atoms with van der Waals surface area (Å²) in [5.41, 5.74) is 0.571. The van der Waals surface area contributed by atoms with Crippen LogP contribution in [0.3, 0.4) is 0 Å². The predicted octanol–water partition coefficient (Wildman–Crippen LogP) is 2.21. The second-order valence-electron chi connectivity index (χ2n) is 5.35. The Bertz CT molecular complexity index is 445. The molecule has 0 bridgehead atoms. The summed E-state index contributed by atoms with van der Waals surface area (Å²) < 4.78 is 1.72. The molecule has 19 heavy (non-hydrogen) atoms. The molecule has 2 rings (SSSR count). The fourth-order valence-electron chi connectivity index (χ4n) is 2.86. The molecule has 1 aliphatic rings. The van der Waals surface area contributed by atoms with Crippen LogP contribution >= 0.6 is 11.6 Å². The van der Waals surface area contributed by atoms with Gasteiger partial charge in [0.25, 0.3) is 5.91 Å². The van der Waals surface area contributed by atoms with E-state index in [1.54, 1.807) is 23.9 Å². The van der Waals surface area contributed by atoms with E-state index in [4.69, 9.17) is 11.6 Å². The van der Waals surface area contributed by atoms with Crippen molar-refractivity contribution in [2.24, 2.45) is 18.9 Å². The van der Waals surface area contributed by atoms with Gasteiger partial charge in [0.1, 0.15) is 5.69 Å². The number of halogens is 1. The van der Waals surface area contributed by atoms with Crippen LogP contribution in [0.25, 0.3) is 0 Å². The molecular formula is C14H21ClN2O2. The van der Waals surface area contributed by atoms with Crippen LogP contribution in [0.4, 0.5) is 0 Å². The first-order valence-electron chi connectivity index (χ1n) is 6.82. The van der Waals surface area contributed by atoms with E-state index in [0.29, 0.717) is 29.1 Å². The van der Waals surface area contributed by atoms with Crippen LogP contribution in [0, 0.1) is 11.8 Å². The normalized spacial score (nSPS) is 23.3. The quantitative estimate of drug-likeness (QED) is 0.891. The van der Waals surface area contributed by atoms with Gasteiger partial charge in [-0.15, -0.1) is 0 Å². The van der Waals surface area contributed by atoms with Gasteiger partial charge in [0.15, 0.2) is 0 Å². The van der Waals surface area contributed by atoms with Crippen LogP contribution in [0.2, 0.25) is 5.02 Å². The zero-order valence-corrected chi connectivity index (χ0v) is 12.0. The third-order valence-electron chi connectivity index (χ3n) is 4.03. The number of rotatable bonds is 4. The van der Waals surface area contributed by atoms with Crippen molar-refractivity contribution < 1.29 is 9.90 Å². The summed E-state index contributed by atoms with van der Waals surface area (Å²) in [4.78, 5) is 12.1. The van der Waals surface area contributed by atoms with E-state index in [1.165, 1.54) is 12.8 Å². The molecular weight excluding hydrogens is 264 g/mol. The highest BCUT2D eigenvalue weighted by atomic mass is 35.5. The zero-order valence-electron chi connectivity index (χ0n) is 11.2. The van der Waals surface area contributed by atoms with Gasteiger partial charge in [-0.3, -0.25) is 4.79 Å². The van der Waals surface area contributed by atoms with E-state index in [9.17, 15) is 9.90 Å². The molecule has 106 valence electrons. The van der Waals surface area contributed by atoms with Gasteiger partial charge in [0.2, 0.25) is 0 Å². The number of aliphatic hydroxyl groups excluding tert-OH is 1. The number of nitrogens with one attached hydrogen (secondary N) is 1. The molecule has 1 amide bonds. The highest BCUT2D eigenvalue weighted by Crippen LogP contribution is 2.29. The molecule has 1 aromatic heterocycles. The van der Waals surface area contributed by atoms with Crippen molar-refractivity contribution in [3.63, 3.8) is 0 Å². The average molecular weight is 285 g/mol. The highest BCUT2D eigenvalue weighted by Gasteiger charge is 2.25. The lowest BCUT2D eigenvalue weighted by Crippen LogP contribution is -2.36. The lowest BCUT2D eigenvalue weighted by molar-refractivity contribution is 0.0901. The summed E-state index contributed by atoms with van der Waals surface area (Å²) in [6.07, 6.45) is 6.23. The number of aromatic nitrogens is 1. The minimum atomic E-state index is -0.100. The monoisotopic (exact) mass is 284 g/mol. The molecule has 0 saturated heterocycles. The van der Waals surface area contributed by atoms with Crippen LogP contribution in [-0.4, -0.2) is 28.7 Å². The number of carbonyl (C=O) groups is 1. The Morgan fingerprint density at radius 1 is 1.47 bits per heavy atom. The third kappa shape index (κ3) is 3.51. The number of aliphatic hydroxyl groups is 1. The minimum absolute atomic E-state index is 0.100. The van der Waals surface area contributed by atoms with E-state index >= 15 is 0 Å². The van der Waals surface area contributed by atoms with Crippen LogP contribution in [-0.2, 0) is 7.05 Å². The first kappa shape index (κ1) is 14.4. The van der Waals surface area contributed by atoms with Crippen molar-refractivity contribution in [2.45, 2.75) is 25.7 Å². The first-order valence-corrected chi connectivity index (χ1v) is 7.20. The predicted molar refractivity (Wildman–Crippen MR) is 75.3 cm³/mol. The Hall–Kier alpha value is -1.00. The van der Waals surface area contributed by atoms with Gasteiger partial charge in [0.05, 0.1) is 5.02 Å². The summed E-state index contributed by atoms with van der Waals surface area (Å²) in [6, 6.07) is 1.67. The van der Waals surface area contributed by atoms with Gasteiger partial charge < -0.3 is 15.0 Å². The molecule has 1 heterocycles. The maximum absolute atomic E-state index is 12.1. The van der Waals surface area contributed by atoms with Gasteiger partial charge in [-0.2, -0.15) is 0 Å². The lowest BCUT2D eigenvalue weighted by Gasteiger charge is -2.30. The Morgan fingerprint density at radius 3 is 2.74 bits per heavy atom. The van der Waals surface area contributed by atoms with Gasteiger partial charge in [-0.05, 0) is 30.7 Å². The molecule has 1 saturated carbocycles. The van der Waals surface area contributed by atoms with Crippen LogP contribution in [0.1, 0.15) is 36.2 Å². The number of amides is 1. The number of carbonyl (C=O) groups excluding carboxylic acids is 1. The van der Waals surface area contributed by atoms with Crippen LogP contribution in [0.5, 0.6) is 0 Å². The van der Waals surface area contributed by atoms with Crippen molar-refractivity contribution in [1.29, 1.82) is 0 Å². The van der Waals surface area contributed by atoms with E-state index in [-0.39, 0.29) is 12.5 Å². The number of aryl methyl sites for hydroxylation is 1. The summed E-state index contributed by atoms with van der Waals surface area (Å²) in [7, 11) is 1.80. The van der Waals surface area contributed by atoms with Gasteiger partial charge in [-0.25, -0.2) is 0 Å². The molecule has 1 aromatic rings. The topological polar surface area (TPSA) is 54.3 Å². The Labute approximate surface area is 118 Å². The van der Waals surface area contributed by atoms with E-state index < -0.39 is 0 Å². The molecule has 0 radical (unpaired) electrons. The molecule has 2 unspecified atom stereocenters. The molecule has 0 aromatic carbocycles. The maximum Gasteiger partial charge on any atom is 0.267 e. The SMILES string of the molecule is Cn1cc(Cl)cc1C(=O)NCC1CCCCC1CO. The van der Waals surface area contributed by atoms with Crippen molar-refractivity contribution in [1.82, 2.24) is 9.88 Å². The van der Waals surface area contributed by atoms with Crippen molar-refractivity contribution in [3.05, 3.63) is 23.0 Å². The van der Waals surface area contributed by atoms with Crippen molar-refractivity contribution in [2.75, 3.05) is 13.2 Å². The molecule has 0 spiro atoms. The zero-order chi connectivity index (χ0) is 13.8. The largest absolute Gasteiger partial charge is 0.396 e. The standard InChI is InChI=1S/C14H21ClN2O2/c1-17-8-12(15)6-13(17)14(19)16-7-10-4-2-3-5-11(10)9-18/h6,8,10-11,18H,2-5,7,9H2,1H3,(H,16,19). The molecule has 1 fully saturated rings. The van der Waals surface area contributed by atoms with Crippen molar-refractivity contribution in [3.8, 4) is 0 Å². The molecule has 5 heteroatoms. The lowest BCUT2D eigenvalue weighted by atomic mass is 9.79. The smallest absolute Gasteiger partial charge is 0.267 e. The van der Waals surface area contributed by atoms with E-state index in [2.05, 4.69) is 5.32 Å². The summed E-state index contributed by atoms with van der Waals surface area (Å²) >= 11 is 5.87. The van der Waals surface area contributed by atoms with Crippen LogP contribution < -0.4 is 5.32 Å². The maximum atomic E-state index is 12.1. The number of hydrogen-bond donors (Lipinski definition) is 2. The Kier molecular flexibility index (Phi) is 4.88. The van der Waals surface area contributed by atoms with Crippen LogP contribution in [0.15, 0.2) is 12.3 Å². The molecule has 0 aliphatic heterocycles. The second-order valence-corrected chi connectivity index (χ2v) is 5.79. The minimum Gasteiger partial charge on any atom is -0.396 e. The third-order valence-corrected chi connectivity index (χ3v) is 4.24. The number of nitrogens with zero attached hydrogens (tertiary/aromatic N) is 1. The number of hydrogen-bond acceptors (Lipinski definition) is 2. The Balaban J connectivity index is 1.91. The van der Waals surface area contributed by atoms with Gasteiger partial charge in [0, 0.05) is 26.4 Å². The average Bonchev–Trinajstić information content (AvgIpc) is 2.75. The molecule has 2 atom stereocenters. The summed E-state index contributed by atoms with van der Waals surface area (Å²) in [6.45, 7) is 0.851. The molecule has 2 N–H and O–H groups in total. The van der Waals surface area contributed by atoms with E-state index in [0.717, 1.165) is 12.8 Å². The van der Waals surface area contributed by atoms with Crippen molar-refractivity contribution >= 4 is 17.5 Å². The molecule has 4 nitrogen and oxygen atoms in total.